The molecule has 4 heterocycles. The van der Waals surface area contributed by atoms with Crippen molar-refractivity contribution in [3.63, 3.8) is 0 Å². The lowest BCUT2D eigenvalue weighted by molar-refractivity contribution is 0.420. The second kappa shape index (κ2) is 6.08. The maximum absolute atomic E-state index is 4.86. The quantitative estimate of drug-likeness (QED) is 0.569. The molecule has 25 heavy (non-hydrogen) atoms. The van der Waals surface area contributed by atoms with Gasteiger partial charge in [0.05, 0.1) is 29.2 Å². The summed E-state index contributed by atoms with van der Waals surface area (Å²) >= 11 is 0. The molecule has 0 unspecified atom stereocenters. The van der Waals surface area contributed by atoms with Gasteiger partial charge in [-0.2, -0.15) is 0 Å². The van der Waals surface area contributed by atoms with Gasteiger partial charge < -0.3 is 9.09 Å². The van der Waals surface area contributed by atoms with Gasteiger partial charge in [0.15, 0.2) is 5.82 Å². The van der Waals surface area contributed by atoms with Crippen LogP contribution in [-0.2, 0) is 6.42 Å². The molecule has 7 heteroatoms. The Balaban J connectivity index is 1.69. The summed E-state index contributed by atoms with van der Waals surface area (Å²) in [6.07, 6.45) is 7.34. The molecule has 0 aromatic carbocycles. The molecular formula is C18H18N6O. The van der Waals surface area contributed by atoms with Crippen LogP contribution >= 0.6 is 0 Å². The van der Waals surface area contributed by atoms with E-state index in [2.05, 4.69) is 49.6 Å². The van der Waals surface area contributed by atoms with Crippen LogP contribution in [0.3, 0.4) is 0 Å². The second-order valence-electron chi connectivity index (χ2n) is 6.25. The van der Waals surface area contributed by atoms with Crippen LogP contribution in [0.4, 0.5) is 0 Å². The molecule has 0 spiro atoms. The van der Waals surface area contributed by atoms with Crippen LogP contribution < -0.4 is 0 Å². The van der Waals surface area contributed by atoms with Crippen molar-refractivity contribution in [1.82, 2.24) is 29.7 Å². The number of hydrogen-bond acceptors (Lipinski definition) is 6. The SMILES string of the molecule is Cc1nc2cnc(Cc3ccnc(-c4cnoc4)n3)cc2n1C(C)C. The Labute approximate surface area is 144 Å². The van der Waals surface area contributed by atoms with Gasteiger partial charge in [0, 0.05) is 24.4 Å². The molecule has 4 aromatic heterocycles. The van der Waals surface area contributed by atoms with Gasteiger partial charge in [0.2, 0.25) is 0 Å². The van der Waals surface area contributed by atoms with Gasteiger partial charge >= 0.3 is 0 Å². The summed E-state index contributed by atoms with van der Waals surface area (Å²) < 4.78 is 7.09. The fourth-order valence-corrected chi connectivity index (χ4v) is 3.04. The summed E-state index contributed by atoms with van der Waals surface area (Å²) in [7, 11) is 0. The van der Waals surface area contributed by atoms with E-state index in [4.69, 9.17) is 4.52 Å². The predicted octanol–water partition coefficient (Wildman–Crippen LogP) is 3.36. The molecule has 126 valence electrons. The Morgan fingerprint density at radius 3 is 2.76 bits per heavy atom. The highest BCUT2D eigenvalue weighted by Gasteiger charge is 2.12. The van der Waals surface area contributed by atoms with E-state index >= 15 is 0 Å². The third-order valence-corrected chi connectivity index (χ3v) is 4.09. The lowest BCUT2D eigenvalue weighted by Gasteiger charge is -2.11. The van der Waals surface area contributed by atoms with Gasteiger partial charge in [0.25, 0.3) is 0 Å². The van der Waals surface area contributed by atoms with E-state index in [-0.39, 0.29) is 0 Å². The van der Waals surface area contributed by atoms with Gasteiger partial charge in [-0.05, 0) is 32.9 Å². The maximum Gasteiger partial charge on any atom is 0.164 e. The third-order valence-electron chi connectivity index (χ3n) is 4.09. The highest BCUT2D eigenvalue weighted by atomic mass is 16.5. The number of rotatable bonds is 4. The van der Waals surface area contributed by atoms with Crippen molar-refractivity contribution >= 4 is 11.0 Å². The lowest BCUT2D eigenvalue weighted by atomic mass is 10.2. The summed E-state index contributed by atoms with van der Waals surface area (Å²) in [5, 5.41) is 3.70. The average Bonchev–Trinajstić information content (AvgIpc) is 3.21. The van der Waals surface area contributed by atoms with Crippen molar-refractivity contribution in [2.24, 2.45) is 0 Å². The van der Waals surface area contributed by atoms with Crippen LogP contribution in [0.2, 0.25) is 0 Å². The monoisotopic (exact) mass is 334 g/mol. The lowest BCUT2D eigenvalue weighted by Crippen LogP contribution is -2.03. The van der Waals surface area contributed by atoms with E-state index < -0.39 is 0 Å². The van der Waals surface area contributed by atoms with Crippen LogP contribution in [0.15, 0.2) is 41.5 Å². The topological polar surface area (TPSA) is 82.5 Å². The maximum atomic E-state index is 4.86. The number of hydrogen-bond donors (Lipinski definition) is 0. The Morgan fingerprint density at radius 1 is 1.12 bits per heavy atom. The van der Waals surface area contributed by atoms with Crippen molar-refractivity contribution in [3.05, 3.63) is 54.2 Å². The minimum absolute atomic E-state index is 0.347. The minimum Gasteiger partial charge on any atom is -0.364 e. The van der Waals surface area contributed by atoms with Crippen LogP contribution in [0.5, 0.6) is 0 Å². The van der Waals surface area contributed by atoms with E-state index in [0.29, 0.717) is 18.3 Å². The molecule has 0 fully saturated rings. The molecule has 0 saturated carbocycles. The molecule has 0 aliphatic rings. The van der Waals surface area contributed by atoms with E-state index in [1.165, 1.54) is 6.26 Å². The standard InChI is InChI=1S/C18H18N6O/c1-11(2)24-12(3)22-16-9-20-15(7-17(16)24)6-14-4-5-19-18(23-14)13-8-21-25-10-13/h4-5,7-11H,6H2,1-3H3. The van der Waals surface area contributed by atoms with Gasteiger partial charge in [0.1, 0.15) is 17.6 Å². The number of aromatic nitrogens is 6. The first-order chi connectivity index (χ1) is 12.1. The van der Waals surface area contributed by atoms with Crippen LogP contribution in [-0.4, -0.2) is 29.7 Å². The van der Waals surface area contributed by atoms with Crippen molar-refractivity contribution in [2.45, 2.75) is 33.2 Å². The Bertz CT molecular complexity index is 1020. The van der Waals surface area contributed by atoms with E-state index in [1.54, 1.807) is 12.4 Å². The van der Waals surface area contributed by atoms with Gasteiger partial charge in [-0.1, -0.05) is 5.16 Å². The zero-order valence-corrected chi connectivity index (χ0v) is 14.3. The Kier molecular flexibility index (Phi) is 3.76. The Morgan fingerprint density at radius 2 is 2.00 bits per heavy atom. The van der Waals surface area contributed by atoms with Gasteiger partial charge in [-0.3, -0.25) is 4.98 Å². The van der Waals surface area contributed by atoms with E-state index in [1.807, 2.05) is 19.2 Å². The molecule has 0 aliphatic carbocycles. The summed E-state index contributed by atoms with van der Waals surface area (Å²) in [5.41, 5.74) is 4.63. The third kappa shape index (κ3) is 2.88. The molecule has 0 aliphatic heterocycles. The fourth-order valence-electron chi connectivity index (χ4n) is 3.04. The summed E-state index contributed by atoms with van der Waals surface area (Å²) in [6.45, 7) is 6.34. The molecule has 0 amide bonds. The molecule has 0 bridgehead atoms. The van der Waals surface area contributed by atoms with Crippen LogP contribution in [0.25, 0.3) is 22.4 Å². The zero-order chi connectivity index (χ0) is 17.4. The molecule has 0 saturated heterocycles. The molecule has 0 N–H and O–H groups in total. The molecule has 4 aromatic rings. The van der Waals surface area contributed by atoms with E-state index in [0.717, 1.165) is 33.8 Å². The Hall–Kier alpha value is -3.09. The average molecular weight is 334 g/mol. The summed E-state index contributed by atoms with van der Waals surface area (Å²) in [5.74, 6) is 1.60. The number of nitrogens with zero attached hydrogens (tertiary/aromatic N) is 6. The van der Waals surface area contributed by atoms with Crippen LogP contribution in [0.1, 0.15) is 37.1 Å². The summed E-state index contributed by atoms with van der Waals surface area (Å²) in [4.78, 5) is 18.0. The van der Waals surface area contributed by atoms with Crippen LogP contribution in [0, 0.1) is 6.92 Å². The molecule has 0 radical (unpaired) electrons. The van der Waals surface area contributed by atoms with Crippen molar-refractivity contribution in [1.29, 1.82) is 0 Å². The summed E-state index contributed by atoms with van der Waals surface area (Å²) in [6, 6.07) is 4.34. The smallest absolute Gasteiger partial charge is 0.164 e. The molecule has 7 nitrogen and oxygen atoms in total. The minimum atomic E-state index is 0.347. The normalized spacial score (nSPS) is 11.5. The van der Waals surface area contributed by atoms with Crippen molar-refractivity contribution in [2.75, 3.05) is 0 Å². The zero-order valence-electron chi connectivity index (χ0n) is 14.3. The molecule has 0 atom stereocenters. The first-order valence-electron chi connectivity index (χ1n) is 8.17. The molecular weight excluding hydrogens is 316 g/mol. The first kappa shape index (κ1) is 15.4. The second-order valence-corrected chi connectivity index (χ2v) is 6.25. The number of fused-ring (bicyclic) bond motifs is 1. The predicted molar refractivity (Wildman–Crippen MR) is 93.0 cm³/mol. The highest BCUT2D eigenvalue weighted by Crippen LogP contribution is 2.22. The fraction of sp³-hybridized carbons (Fsp3) is 0.278. The van der Waals surface area contributed by atoms with Crippen molar-refractivity contribution < 1.29 is 4.52 Å². The number of aryl methyl sites for hydroxylation is 1. The van der Waals surface area contributed by atoms with Gasteiger partial charge in [-0.25, -0.2) is 15.0 Å². The molecule has 4 rings (SSSR count). The number of pyridine rings is 1. The van der Waals surface area contributed by atoms with Gasteiger partial charge in [-0.15, -0.1) is 0 Å². The van der Waals surface area contributed by atoms with E-state index in [9.17, 15) is 0 Å². The first-order valence-corrected chi connectivity index (χ1v) is 8.17. The highest BCUT2D eigenvalue weighted by molar-refractivity contribution is 5.75. The number of imidazole rings is 1. The largest absolute Gasteiger partial charge is 0.364 e. The van der Waals surface area contributed by atoms with Crippen molar-refractivity contribution in [3.8, 4) is 11.4 Å².